The molecule has 0 saturated heterocycles. The fraction of sp³-hybridized carbons (Fsp3) is 0.211. The van der Waals surface area contributed by atoms with Crippen LogP contribution in [0.1, 0.15) is 12.0 Å². The third-order valence-corrected chi connectivity index (χ3v) is 5.32. The number of hydrogen-bond donors (Lipinski definition) is 1. The molecule has 0 amide bonds. The third-order valence-electron chi connectivity index (χ3n) is 3.93. The summed E-state index contributed by atoms with van der Waals surface area (Å²) in [4.78, 5) is 7.19. The van der Waals surface area contributed by atoms with Crippen molar-refractivity contribution in [3.63, 3.8) is 0 Å². The minimum absolute atomic E-state index is 0.218. The Morgan fingerprint density at radius 1 is 1.08 bits per heavy atom. The average Bonchev–Trinajstić information content (AvgIpc) is 2.67. The predicted octanol–water partition coefficient (Wildman–Crippen LogP) is 2.90. The highest BCUT2D eigenvalue weighted by Crippen LogP contribution is 2.17. The van der Waals surface area contributed by atoms with Gasteiger partial charge < -0.3 is 4.74 Å². The van der Waals surface area contributed by atoms with Gasteiger partial charge in [-0.2, -0.15) is 0 Å². The lowest BCUT2D eigenvalue weighted by atomic mass is 10.2. The van der Waals surface area contributed by atoms with Crippen LogP contribution < -0.4 is 9.57 Å². The van der Waals surface area contributed by atoms with Crippen molar-refractivity contribution in [3.8, 4) is 5.75 Å². The van der Waals surface area contributed by atoms with E-state index < -0.39 is 10.0 Å². The maximum absolute atomic E-state index is 12.4. The van der Waals surface area contributed by atoms with Crippen molar-refractivity contribution in [2.45, 2.75) is 11.3 Å². The molecule has 1 heterocycles. The highest BCUT2D eigenvalue weighted by atomic mass is 32.2. The van der Waals surface area contributed by atoms with Crippen LogP contribution in [0.2, 0.25) is 0 Å². The zero-order chi connectivity index (χ0) is 18.4. The van der Waals surface area contributed by atoms with Crippen LogP contribution in [0.4, 0.5) is 5.69 Å². The van der Waals surface area contributed by atoms with Crippen LogP contribution in [0.25, 0.3) is 0 Å². The maximum atomic E-state index is 12.4. The van der Waals surface area contributed by atoms with Gasteiger partial charge in [0.25, 0.3) is 10.0 Å². The first-order chi connectivity index (χ1) is 12.6. The number of nitrogens with one attached hydrogen (secondary N) is 1. The Morgan fingerprint density at radius 3 is 2.42 bits per heavy atom. The average molecular weight is 371 g/mol. The SMILES string of the molecule is COc1ccc(C=Nc2ccc(S(=O)(=O)NN3CC=CCC3)cc2)cc1. The van der Waals surface area contributed by atoms with Gasteiger partial charge >= 0.3 is 0 Å². The van der Waals surface area contributed by atoms with E-state index in [4.69, 9.17) is 4.74 Å². The van der Waals surface area contributed by atoms with E-state index in [9.17, 15) is 8.42 Å². The smallest absolute Gasteiger partial charge is 0.253 e. The molecule has 1 N–H and O–H groups in total. The van der Waals surface area contributed by atoms with E-state index in [1.165, 1.54) is 0 Å². The molecule has 2 aromatic rings. The van der Waals surface area contributed by atoms with Crippen molar-refractivity contribution in [2.75, 3.05) is 20.2 Å². The zero-order valence-electron chi connectivity index (χ0n) is 14.5. The standard InChI is InChI=1S/C19H21N3O3S/c1-25-18-9-5-16(6-10-18)15-20-17-7-11-19(12-8-17)26(23,24)21-22-13-3-2-4-14-22/h2-3,5-12,15,21H,4,13-14H2,1H3. The second kappa shape index (κ2) is 8.27. The molecule has 136 valence electrons. The van der Waals surface area contributed by atoms with Crippen LogP contribution in [0.5, 0.6) is 5.75 Å². The first kappa shape index (κ1) is 18.3. The molecular formula is C19H21N3O3S. The van der Waals surface area contributed by atoms with E-state index in [0.29, 0.717) is 18.8 Å². The number of methoxy groups -OCH3 is 1. The van der Waals surface area contributed by atoms with Gasteiger partial charge in [-0.05, 0) is 60.5 Å². The Hall–Kier alpha value is -2.48. The Morgan fingerprint density at radius 2 is 1.81 bits per heavy atom. The van der Waals surface area contributed by atoms with Crippen molar-refractivity contribution in [3.05, 3.63) is 66.2 Å². The lowest BCUT2D eigenvalue weighted by molar-refractivity contribution is 0.263. The number of hydrogen-bond acceptors (Lipinski definition) is 5. The number of sulfonamides is 1. The first-order valence-corrected chi connectivity index (χ1v) is 9.76. The number of nitrogens with zero attached hydrogens (tertiary/aromatic N) is 2. The Bertz CT molecular complexity index is 889. The van der Waals surface area contributed by atoms with E-state index in [1.807, 2.05) is 36.4 Å². The Kier molecular flexibility index (Phi) is 5.82. The van der Waals surface area contributed by atoms with Gasteiger partial charge in [0.05, 0.1) is 17.7 Å². The molecule has 26 heavy (non-hydrogen) atoms. The topological polar surface area (TPSA) is 71.0 Å². The van der Waals surface area contributed by atoms with E-state index in [0.717, 1.165) is 17.7 Å². The molecule has 1 aliphatic rings. The molecule has 0 aliphatic carbocycles. The molecular weight excluding hydrogens is 350 g/mol. The molecule has 0 bridgehead atoms. The summed E-state index contributed by atoms with van der Waals surface area (Å²) in [6, 6.07) is 14.0. The molecule has 0 radical (unpaired) electrons. The summed E-state index contributed by atoms with van der Waals surface area (Å²) in [5.74, 6) is 0.786. The van der Waals surface area contributed by atoms with Gasteiger partial charge in [-0.15, -0.1) is 4.83 Å². The van der Waals surface area contributed by atoms with Crippen molar-refractivity contribution in [2.24, 2.45) is 4.99 Å². The van der Waals surface area contributed by atoms with Gasteiger partial charge in [-0.25, -0.2) is 13.4 Å². The molecule has 3 rings (SSSR count). The summed E-state index contributed by atoms with van der Waals surface area (Å²) in [7, 11) is -1.95. The van der Waals surface area contributed by atoms with E-state index >= 15 is 0 Å². The fourth-order valence-corrected chi connectivity index (χ4v) is 3.60. The van der Waals surface area contributed by atoms with Crippen molar-refractivity contribution < 1.29 is 13.2 Å². The maximum Gasteiger partial charge on any atom is 0.253 e. The van der Waals surface area contributed by atoms with Gasteiger partial charge in [0.15, 0.2) is 0 Å². The Balaban J connectivity index is 1.67. The lowest BCUT2D eigenvalue weighted by Crippen LogP contribution is -2.43. The molecule has 7 heteroatoms. The molecule has 0 atom stereocenters. The van der Waals surface area contributed by atoms with Gasteiger partial charge in [-0.1, -0.05) is 12.2 Å². The molecule has 6 nitrogen and oxygen atoms in total. The third kappa shape index (κ3) is 4.78. The van der Waals surface area contributed by atoms with Crippen molar-refractivity contribution in [1.29, 1.82) is 0 Å². The summed E-state index contributed by atoms with van der Waals surface area (Å²) < 4.78 is 30.0. The predicted molar refractivity (Wildman–Crippen MR) is 102 cm³/mol. The summed E-state index contributed by atoms with van der Waals surface area (Å²) in [6.45, 7) is 1.24. The van der Waals surface area contributed by atoms with Crippen LogP contribution in [-0.2, 0) is 10.0 Å². The normalized spacial score (nSPS) is 15.4. The number of benzene rings is 2. The molecule has 0 saturated carbocycles. The molecule has 1 aliphatic heterocycles. The van der Waals surface area contributed by atoms with Gasteiger partial charge in [0, 0.05) is 19.3 Å². The van der Waals surface area contributed by atoms with Crippen LogP contribution >= 0.6 is 0 Å². The minimum Gasteiger partial charge on any atom is -0.497 e. The second-order valence-electron chi connectivity index (χ2n) is 5.83. The summed E-state index contributed by atoms with van der Waals surface area (Å²) in [5, 5.41) is 1.69. The highest BCUT2D eigenvalue weighted by Gasteiger charge is 2.18. The molecule has 2 aromatic carbocycles. The van der Waals surface area contributed by atoms with Gasteiger partial charge in [0.2, 0.25) is 0 Å². The molecule has 0 unspecified atom stereocenters. The summed E-state index contributed by atoms with van der Waals surface area (Å²) in [6.07, 6.45) is 6.55. The van der Waals surface area contributed by atoms with Crippen LogP contribution in [-0.4, -0.2) is 39.8 Å². The highest BCUT2D eigenvalue weighted by molar-refractivity contribution is 7.89. The number of rotatable bonds is 6. The van der Waals surface area contributed by atoms with Gasteiger partial charge in [0.1, 0.15) is 5.75 Å². The van der Waals surface area contributed by atoms with E-state index in [1.54, 1.807) is 42.6 Å². The lowest BCUT2D eigenvalue weighted by Gasteiger charge is -2.23. The quantitative estimate of drug-likeness (QED) is 0.626. The summed E-state index contributed by atoms with van der Waals surface area (Å²) in [5.41, 5.74) is 1.61. The van der Waals surface area contributed by atoms with Crippen LogP contribution in [0.15, 0.2) is 70.6 Å². The Labute approximate surface area is 153 Å². The first-order valence-electron chi connectivity index (χ1n) is 8.27. The van der Waals surface area contributed by atoms with Crippen molar-refractivity contribution in [1.82, 2.24) is 9.84 Å². The fourth-order valence-electron chi connectivity index (χ4n) is 2.50. The van der Waals surface area contributed by atoms with Crippen LogP contribution in [0, 0.1) is 0 Å². The summed E-state index contributed by atoms with van der Waals surface area (Å²) >= 11 is 0. The van der Waals surface area contributed by atoms with E-state index in [-0.39, 0.29) is 4.90 Å². The number of aliphatic imine (C=N–C) groups is 1. The second-order valence-corrected chi connectivity index (χ2v) is 7.49. The molecule has 0 fully saturated rings. The van der Waals surface area contributed by atoms with Crippen molar-refractivity contribution >= 4 is 21.9 Å². The van der Waals surface area contributed by atoms with Gasteiger partial charge in [-0.3, -0.25) is 4.99 Å². The van der Waals surface area contributed by atoms with E-state index in [2.05, 4.69) is 9.82 Å². The van der Waals surface area contributed by atoms with Crippen LogP contribution in [0.3, 0.4) is 0 Å². The monoisotopic (exact) mass is 371 g/mol. The molecule has 0 spiro atoms. The minimum atomic E-state index is -3.58. The molecule has 0 aromatic heterocycles. The zero-order valence-corrected chi connectivity index (χ0v) is 15.3. The number of ether oxygens (including phenoxy) is 1. The largest absolute Gasteiger partial charge is 0.497 e. The number of hydrazine groups is 1.